The molecule has 0 aliphatic rings. The van der Waals surface area contributed by atoms with Crippen LogP contribution >= 0.6 is 0 Å². The number of hydrogen-bond donors (Lipinski definition) is 3. The van der Waals surface area contributed by atoms with E-state index in [1.54, 1.807) is 105 Å². The van der Waals surface area contributed by atoms with Crippen LogP contribution in [-0.2, 0) is 0 Å². The molecule has 9 heteroatoms. The van der Waals surface area contributed by atoms with E-state index in [0.29, 0.717) is 44.9 Å². The number of nitrogens with one attached hydrogen (secondary N) is 2. The van der Waals surface area contributed by atoms with E-state index < -0.39 is 5.91 Å². The fourth-order valence-corrected chi connectivity index (χ4v) is 4.19. The summed E-state index contributed by atoms with van der Waals surface area (Å²) in [6, 6.07) is 29.3. The third-order valence-electron chi connectivity index (χ3n) is 6.29. The molecule has 0 saturated heterocycles. The van der Waals surface area contributed by atoms with Crippen molar-refractivity contribution in [2.75, 3.05) is 24.9 Å². The van der Waals surface area contributed by atoms with Gasteiger partial charge in [-0.3, -0.25) is 9.59 Å². The van der Waals surface area contributed by atoms with Crippen LogP contribution in [0.25, 0.3) is 10.8 Å². The van der Waals surface area contributed by atoms with Gasteiger partial charge in [0.2, 0.25) is 0 Å². The topological polar surface area (TPSA) is 122 Å². The van der Waals surface area contributed by atoms with Crippen molar-refractivity contribution in [3.63, 3.8) is 0 Å². The molecule has 0 aliphatic heterocycles. The number of phenolic OH excluding ortho intramolecular Hbond substituents is 1. The van der Waals surface area contributed by atoms with Gasteiger partial charge in [-0.1, -0.05) is 36.4 Å². The summed E-state index contributed by atoms with van der Waals surface area (Å²) in [4.78, 5) is 26.0. The summed E-state index contributed by atoms with van der Waals surface area (Å²) >= 11 is 0. The average molecular weight is 547 g/mol. The zero-order valence-corrected chi connectivity index (χ0v) is 22.3. The van der Waals surface area contributed by atoms with Gasteiger partial charge in [0.25, 0.3) is 11.8 Å². The van der Waals surface area contributed by atoms with Gasteiger partial charge >= 0.3 is 0 Å². The molecule has 0 spiro atoms. The number of ether oxygens (including phenoxy) is 2. The Balaban J connectivity index is 1.43. The molecular formula is C32H26N4O5. The summed E-state index contributed by atoms with van der Waals surface area (Å²) in [6.07, 6.45) is 0. The molecule has 5 aromatic carbocycles. The van der Waals surface area contributed by atoms with Crippen LogP contribution in [-0.4, -0.2) is 31.1 Å². The number of carbonyl (C=O) groups is 2. The monoisotopic (exact) mass is 546 g/mol. The van der Waals surface area contributed by atoms with Gasteiger partial charge in [-0.25, -0.2) is 0 Å². The molecular weight excluding hydrogens is 520 g/mol. The number of nitrogens with zero attached hydrogens (tertiary/aromatic N) is 2. The largest absolute Gasteiger partial charge is 0.505 e. The number of fused-ring (bicyclic) bond motifs is 1. The molecule has 41 heavy (non-hydrogen) atoms. The molecule has 0 radical (unpaired) electrons. The Morgan fingerprint density at radius 1 is 0.683 bits per heavy atom. The summed E-state index contributed by atoms with van der Waals surface area (Å²) in [5, 5.41) is 26.7. The SMILES string of the molecule is COc1ccc(NC(=O)c2cc3ccccc3c(N=Nc3cccc(C(=O)Nc4cccc(OC)c4)c3)c2O)cc1. The van der Waals surface area contributed by atoms with E-state index >= 15 is 0 Å². The standard InChI is InChI=1S/C32H26N4O5/c1-40-25-15-13-22(14-16-25)33-32(39)28-18-20-7-3-4-12-27(20)29(30(28)37)36-35-24-10-5-8-21(17-24)31(38)34-23-9-6-11-26(19-23)41-2/h3-19,37H,1-2H3,(H,33,39)(H,34,38). The number of anilines is 2. The van der Waals surface area contributed by atoms with Crippen LogP contribution in [0.4, 0.5) is 22.7 Å². The molecule has 0 heterocycles. The third kappa shape index (κ3) is 6.15. The zero-order chi connectivity index (χ0) is 28.8. The van der Waals surface area contributed by atoms with E-state index in [1.807, 2.05) is 12.1 Å². The van der Waals surface area contributed by atoms with Gasteiger partial charge < -0.3 is 25.2 Å². The van der Waals surface area contributed by atoms with Crippen LogP contribution < -0.4 is 20.1 Å². The fourth-order valence-electron chi connectivity index (χ4n) is 4.19. The van der Waals surface area contributed by atoms with Crippen molar-refractivity contribution in [2.45, 2.75) is 0 Å². The number of rotatable bonds is 8. The number of carbonyl (C=O) groups excluding carboxylic acids is 2. The summed E-state index contributed by atoms with van der Waals surface area (Å²) in [6.45, 7) is 0. The van der Waals surface area contributed by atoms with E-state index in [2.05, 4.69) is 20.9 Å². The van der Waals surface area contributed by atoms with E-state index in [0.717, 1.165) is 0 Å². The molecule has 0 fully saturated rings. The maximum Gasteiger partial charge on any atom is 0.259 e. The number of phenols is 1. The van der Waals surface area contributed by atoms with Gasteiger partial charge in [0.1, 0.15) is 17.2 Å². The molecule has 0 saturated carbocycles. The highest BCUT2D eigenvalue weighted by atomic mass is 16.5. The van der Waals surface area contributed by atoms with Crippen LogP contribution in [0.5, 0.6) is 17.2 Å². The molecule has 5 aromatic rings. The van der Waals surface area contributed by atoms with Crippen LogP contribution in [0, 0.1) is 0 Å². The zero-order valence-electron chi connectivity index (χ0n) is 22.3. The lowest BCUT2D eigenvalue weighted by atomic mass is 10.0. The molecule has 0 aliphatic carbocycles. The van der Waals surface area contributed by atoms with Crippen LogP contribution in [0.1, 0.15) is 20.7 Å². The molecule has 204 valence electrons. The van der Waals surface area contributed by atoms with Crippen molar-refractivity contribution in [3.8, 4) is 17.2 Å². The quantitative estimate of drug-likeness (QED) is 0.174. The first kappa shape index (κ1) is 26.9. The van der Waals surface area contributed by atoms with Crippen molar-refractivity contribution >= 4 is 45.3 Å². The second-order valence-corrected chi connectivity index (χ2v) is 8.96. The molecule has 0 unspecified atom stereocenters. The lowest BCUT2D eigenvalue weighted by Crippen LogP contribution is -2.12. The predicted molar refractivity (Wildman–Crippen MR) is 158 cm³/mol. The number of aromatic hydroxyl groups is 1. The van der Waals surface area contributed by atoms with E-state index in [1.165, 1.54) is 0 Å². The molecule has 5 rings (SSSR count). The summed E-state index contributed by atoms with van der Waals surface area (Å²) in [7, 11) is 3.11. The minimum atomic E-state index is -0.508. The van der Waals surface area contributed by atoms with Crippen LogP contribution in [0.3, 0.4) is 0 Å². The van der Waals surface area contributed by atoms with Gasteiger partial charge in [-0.2, -0.15) is 5.11 Å². The fraction of sp³-hybridized carbons (Fsp3) is 0.0625. The Bertz CT molecular complexity index is 1770. The van der Waals surface area contributed by atoms with Crippen molar-refractivity contribution in [1.29, 1.82) is 0 Å². The number of hydrogen-bond acceptors (Lipinski definition) is 7. The van der Waals surface area contributed by atoms with Crippen molar-refractivity contribution in [1.82, 2.24) is 0 Å². The smallest absolute Gasteiger partial charge is 0.259 e. The Morgan fingerprint density at radius 3 is 2.20 bits per heavy atom. The molecule has 9 nitrogen and oxygen atoms in total. The lowest BCUT2D eigenvalue weighted by Gasteiger charge is -2.11. The second-order valence-electron chi connectivity index (χ2n) is 8.96. The minimum Gasteiger partial charge on any atom is -0.505 e. The van der Waals surface area contributed by atoms with Gasteiger partial charge in [-0.15, -0.1) is 5.11 Å². The summed E-state index contributed by atoms with van der Waals surface area (Å²) in [5.74, 6) is 0.121. The first-order chi connectivity index (χ1) is 19.9. The van der Waals surface area contributed by atoms with Crippen molar-refractivity contribution in [3.05, 3.63) is 114 Å². The normalized spacial score (nSPS) is 10.9. The number of azo groups is 1. The molecule has 2 amide bonds. The Kier molecular flexibility index (Phi) is 7.87. The minimum absolute atomic E-state index is 0.0416. The van der Waals surface area contributed by atoms with Crippen molar-refractivity contribution < 1.29 is 24.2 Å². The predicted octanol–water partition coefficient (Wildman–Crippen LogP) is 7.48. The number of amides is 2. The second kappa shape index (κ2) is 12.0. The van der Waals surface area contributed by atoms with E-state index in [9.17, 15) is 14.7 Å². The highest BCUT2D eigenvalue weighted by molar-refractivity contribution is 6.11. The first-order valence-corrected chi connectivity index (χ1v) is 12.6. The van der Waals surface area contributed by atoms with Crippen LogP contribution in [0.2, 0.25) is 0 Å². The third-order valence-corrected chi connectivity index (χ3v) is 6.29. The lowest BCUT2D eigenvalue weighted by molar-refractivity contribution is 0.101. The number of methoxy groups -OCH3 is 2. The Hall–Kier alpha value is -5.70. The average Bonchev–Trinajstić information content (AvgIpc) is 3.01. The van der Waals surface area contributed by atoms with Gasteiger partial charge in [0, 0.05) is 28.4 Å². The van der Waals surface area contributed by atoms with E-state index in [4.69, 9.17) is 9.47 Å². The van der Waals surface area contributed by atoms with Gasteiger partial charge in [-0.05, 0) is 66.0 Å². The Morgan fingerprint density at radius 2 is 1.41 bits per heavy atom. The number of benzene rings is 5. The highest BCUT2D eigenvalue weighted by Crippen LogP contribution is 2.39. The first-order valence-electron chi connectivity index (χ1n) is 12.6. The molecule has 0 bridgehead atoms. The Labute approximate surface area is 236 Å². The molecule has 3 N–H and O–H groups in total. The van der Waals surface area contributed by atoms with Crippen molar-refractivity contribution in [2.24, 2.45) is 10.2 Å². The molecule has 0 atom stereocenters. The van der Waals surface area contributed by atoms with Gasteiger partial charge in [0.15, 0.2) is 5.75 Å². The highest BCUT2D eigenvalue weighted by Gasteiger charge is 2.19. The maximum atomic E-state index is 13.1. The summed E-state index contributed by atoms with van der Waals surface area (Å²) < 4.78 is 10.4. The summed E-state index contributed by atoms with van der Waals surface area (Å²) in [5.41, 5.74) is 2.05. The van der Waals surface area contributed by atoms with Crippen LogP contribution in [0.15, 0.2) is 113 Å². The molecule has 0 aromatic heterocycles. The van der Waals surface area contributed by atoms with E-state index in [-0.39, 0.29) is 22.9 Å². The maximum absolute atomic E-state index is 13.1. The van der Waals surface area contributed by atoms with Gasteiger partial charge in [0.05, 0.1) is 25.5 Å².